The Hall–Kier alpha value is -0.420. The summed E-state index contributed by atoms with van der Waals surface area (Å²) in [5.41, 5.74) is 0. The highest BCUT2D eigenvalue weighted by Gasteiger charge is 2.16. The van der Waals surface area contributed by atoms with Gasteiger partial charge in [-0.15, -0.1) is 11.3 Å². The lowest BCUT2D eigenvalue weighted by Gasteiger charge is -2.23. The largest absolute Gasteiger partial charge is 0.382 e. The van der Waals surface area contributed by atoms with Crippen LogP contribution in [-0.2, 0) is 20.6 Å². The van der Waals surface area contributed by atoms with Crippen molar-refractivity contribution in [2.45, 2.75) is 52.2 Å². The Kier molecular flexibility index (Phi) is 9.93. The maximum absolute atomic E-state index is 5.90. The normalized spacial score (nSPS) is 14.3. The van der Waals surface area contributed by atoms with Crippen LogP contribution < -0.4 is 0 Å². The molecule has 0 radical (unpaired) electrons. The van der Waals surface area contributed by atoms with E-state index in [9.17, 15) is 0 Å². The van der Waals surface area contributed by atoms with Crippen LogP contribution in [0.4, 0.5) is 0 Å². The van der Waals surface area contributed by atoms with E-state index in [0.717, 1.165) is 45.7 Å². The van der Waals surface area contributed by atoms with Crippen molar-refractivity contribution in [2.75, 3.05) is 26.4 Å². The lowest BCUT2D eigenvalue weighted by atomic mass is 10.2. The summed E-state index contributed by atoms with van der Waals surface area (Å²) < 4.78 is 17.1. The van der Waals surface area contributed by atoms with Gasteiger partial charge in [-0.2, -0.15) is 0 Å². The zero-order valence-electron chi connectivity index (χ0n) is 13.0. The fourth-order valence-corrected chi connectivity index (χ4v) is 2.72. The van der Waals surface area contributed by atoms with Gasteiger partial charge in [-0.3, -0.25) is 0 Å². The molecule has 0 bridgehead atoms. The van der Waals surface area contributed by atoms with E-state index < -0.39 is 0 Å². The number of ether oxygens (including phenoxy) is 3. The molecule has 0 saturated heterocycles. The highest BCUT2D eigenvalue weighted by Crippen LogP contribution is 2.12. The molecule has 0 aliphatic carbocycles. The highest BCUT2D eigenvalue weighted by molar-refractivity contribution is 7.09. The van der Waals surface area contributed by atoms with Crippen molar-refractivity contribution >= 4 is 11.3 Å². The van der Waals surface area contributed by atoms with Gasteiger partial charge >= 0.3 is 0 Å². The standard InChI is InChI=1S/C16H28O3S/c1-4-16(19-11-7-10-17-5-2)14(3)18-12-9-15-8-6-13-20-15/h6,8,13-14,16H,4-5,7,9-12H2,1-3H3/t14-,16+/m0/s1. The molecule has 0 unspecified atom stereocenters. The molecule has 0 aliphatic heterocycles. The van der Waals surface area contributed by atoms with Crippen molar-refractivity contribution in [2.24, 2.45) is 0 Å². The minimum absolute atomic E-state index is 0.145. The van der Waals surface area contributed by atoms with Crippen LogP contribution in [0.3, 0.4) is 0 Å². The van der Waals surface area contributed by atoms with E-state index in [1.54, 1.807) is 11.3 Å². The van der Waals surface area contributed by atoms with Crippen LogP contribution in [0.5, 0.6) is 0 Å². The van der Waals surface area contributed by atoms with Crippen LogP contribution in [0.2, 0.25) is 0 Å². The first-order valence-corrected chi connectivity index (χ1v) is 8.49. The lowest BCUT2D eigenvalue weighted by Crippen LogP contribution is -2.29. The Morgan fingerprint density at radius 3 is 2.65 bits per heavy atom. The maximum Gasteiger partial charge on any atom is 0.0831 e. The first kappa shape index (κ1) is 17.6. The predicted molar refractivity (Wildman–Crippen MR) is 84.6 cm³/mol. The summed E-state index contributed by atoms with van der Waals surface area (Å²) in [6.45, 7) is 9.33. The number of rotatable bonds is 12. The third kappa shape index (κ3) is 7.39. The Morgan fingerprint density at radius 2 is 2.00 bits per heavy atom. The second-order valence-electron chi connectivity index (χ2n) is 4.77. The zero-order valence-corrected chi connectivity index (χ0v) is 13.8. The molecule has 1 aromatic rings. The van der Waals surface area contributed by atoms with E-state index in [0.29, 0.717) is 0 Å². The van der Waals surface area contributed by atoms with Crippen molar-refractivity contribution in [1.29, 1.82) is 0 Å². The molecule has 0 aliphatic rings. The molecule has 0 aromatic carbocycles. The first-order valence-electron chi connectivity index (χ1n) is 7.61. The Bertz CT molecular complexity index is 314. The summed E-state index contributed by atoms with van der Waals surface area (Å²) in [6.07, 6.45) is 3.25. The van der Waals surface area contributed by atoms with Crippen molar-refractivity contribution in [3.63, 3.8) is 0 Å². The molecule has 1 heterocycles. The summed E-state index contributed by atoms with van der Waals surface area (Å²) in [5.74, 6) is 0. The third-order valence-electron chi connectivity index (χ3n) is 3.20. The molecule has 0 N–H and O–H groups in total. The topological polar surface area (TPSA) is 27.7 Å². The molecule has 2 atom stereocenters. The van der Waals surface area contributed by atoms with Gasteiger partial charge in [0.05, 0.1) is 18.8 Å². The molecule has 116 valence electrons. The van der Waals surface area contributed by atoms with Gasteiger partial charge in [0.2, 0.25) is 0 Å². The quantitative estimate of drug-likeness (QED) is 0.548. The Labute approximate surface area is 127 Å². The molecule has 4 heteroatoms. The van der Waals surface area contributed by atoms with E-state index in [-0.39, 0.29) is 12.2 Å². The molecular formula is C16H28O3S. The summed E-state index contributed by atoms with van der Waals surface area (Å²) in [6, 6.07) is 4.24. The molecule has 20 heavy (non-hydrogen) atoms. The summed E-state index contributed by atoms with van der Waals surface area (Å²) in [4.78, 5) is 1.38. The van der Waals surface area contributed by atoms with E-state index in [1.807, 2.05) is 6.92 Å². The summed E-state index contributed by atoms with van der Waals surface area (Å²) >= 11 is 1.79. The highest BCUT2D eigenvalue weighted by atomic mass is 32.1. The second-order valence-corrected chi connectivity index (χ2v) is 5.81. The monoisotopic (exact) mass is 300 g/mol. The number of thiophene rings is 1. The van der Waals surface area contributed by atoms with E-state index in [1.165, 1.54) is 4.88 Å². The van der Waals surface area contributed by atoms with Gasteiger partial charge in [-0.05, 0) is 38.1 Å². The fourth-order valence-electron chi connectivity index (χ4n) is 2.03. The summed E-state index contributed by atoms with van der Waals surface area (Å²) in [7, 11) is 0. The van der Waals surface area contributed by atoms with Crippen LogP contribution in [0.15, 0.2) is 17.5 Å². The Morgan fingerprint density at radius 1 is 1.15 bits per heavy atom. The summed E-state index contributed by atoms with van der Waals surface area (Å²) in [5, 5.41) is 2.11. The van der Waals surface area contributed by atoms with Crippen LogP contribution in [-0.4, -0.2) is 38.6 Å². The lowest BCUT2D eigenvalue weighted by molar-refractivity contribution is -0.0688. The van der Waals surface area contributed by atoms with Gasteiger partial charge in [0.25, 0.3) is 0 Å². The van der Waals surface area contributed by atoms with Gasteiger partial charge in [0, 0.05) is 31.1 Å². The van der Waals surface area contributed by atoms with Crippen molar-refractivity contribution in [3.05, 3.63) is 22.4 Å². The molecule has 0 fully saturated rings. The van der Waals surface area contributed by atoms with Crippen molar-refractivity contribution in [1.82, 2.24) is 0 Å². The molecular weight excluding hydrogens is 272 g/mol. The van der Waals surface area contributed by atoms with E-state index >= 15 is 0 Å². The van der Waals surface area contributed by atoms with Crippen LogP contribution in [0.25, 0.3) is 0 Å². The van der Waals surface area contributed by atoms with Crippen molar-refractivity contribution in [3.8, 4) is 0 Å². The smallest absolute Gasteiger partial charge is 0.0831 e. The molecule has 1 aromatic heterocycles. The van der Waals surface area contributed by atoms with Gasteiger partial charge in [0.15, 0.2) is 0 Å². The molecule has 0 amide bonds. The van der Waals surface area contributed by atoms with Gasteiger partial charge in [-0.25, -0.2) is 0 Å². The average molecular weight is 300 g/mol. The van der Waals surface area contributed by atoms with Crippen LogP contribution >= 0.6 is 11.3 Å². The average Bonchev–Trinajstić information content (AvgIpc) is 2.96. The molecule has 0 spiro atoms. The number of hydrogen-bond donors (Lipinski definition) is 0. The van der Waals surface area contributed by atoms with Gasteiger partial charge < -0.3 is 14.2 Å². The minimum atomic E-state index is 0.145. The van der Waals surface area contributed by atoms with Crippen molar-refractivity contribution < 1.29 is 14.2 Å². The third-order valence-corrected chi connectivity index (χ3v) is 4.14. The SMILES string of the molecule is CCOCCCO[C@H](CC)[C@H](C)OCCc1cccs1. The van der Waals surface area contributed by atoms with E-state index in [4.69, 9.17) is 14.2 Å². The predicted octanol–water partition coefficient (Wildman–Crippen LogP) is 3.92. The first-order chi connectivity index (χ1) is 9.77. The van der Waals surface area contributed by atoms with Crippen LogP contribution in [0.1, 0.15) is 38.5 Å². The van der Waals surface area contributed by atoms with Crippen LogP contribution in [0, 0.1) is 0 Å². The Balaban J connectivity index is 2.12. The minimum Gasteiger partial charge on any atom is -0.382 e. The van der Waals surface area contributed by atoms with Gasteiger partial charge in [0.1, 0.15) is 0 Å². The molecule has 0 saturated carbocycles. The molecule has 3 nitrogen and oxygen atoms in total. The zero-order chi connectivity index (χ0) is 14.6. The van der Waals surface area contributed by atoms with Gasteiger partial charge in [-0.1, -0.05) is 13.0 Å². The second kappa shape index (κ2) is 11.3. The maximum atomic E-state index is 5.90. The fraction of sp³-hybridized carbons (Fsp3) is 0.750. The number of hydrogen-bond acceptors (Lipinski definition) is 4. The van der Waals surface area contributed by atoms with E-state index in [2.05, 4.69) is 31.4 Å². The molecule has 1 rings (SSSR count).